The molecule has 1 aromatic carbocycles. The summed E-state index contributed by atoms with van der Waals surface area (Å²) in [7, 11) is 1.62. The monoisotopic (exact) mass is 255 g/mol. The van der Waals surface area contributed by atoms with Crippen molar-refractivity contribution in [2.75, 3.05) is 20.3 Å². The Morgan fingerprint density at radius 2 is 2.00 bits per heavy atom. The fourth-order valence-electron chi connectivity index (χ4n) is 1.92. The molecule has 18 heavy (non-hydrogen) atoms. The summed E-state index contributed by atoms with van der Waals surface area (Å²) >= 11 is 0. The molecule has 0 bridgehead atoms. The standard InChI is InChI=1S/C13H18FNO3/c1-16-6-7-17-13-11(15)8-12(13)18-10-4-2-9(14)3-5-10/h2-5,11-13H,6-8,15H2,1H3. The van der Waals surface area contributed by atoms with Crippen LogP contribution in [0, 0.1) is 5.82 Å². The van der Waals surface area contributed by atoms with Gasteiger partial charge in [-0.2, -0.15) is 0 Å². The zero-order chi connectivity index (χ0) is 13.0. The van der Waals surface area contributed by atoms with Gasteiger partial charge in [0, 0.05) is 19.6 Å². The summed E-state index contributed by atoms with van der Waals surface area (Å²) in [4.78, 5) is 0. The van der Waals surface area contributed by atoms with Gasteiger partial charge in [-0.15, -0.1) is 0 Å². The van der Waals surface area contributed by atoms with Gasteiger partial charge in [-0.1, -0.05) is 0 Å². The number of benzene rings is 1. The molecule has 1 aliphatic carbocycles. The molecule has 0 radical (unpaired) electrons. The third-order valence-electron chi connectivity index (χ3n) is 2.99. The summed E-state index contributed by atoms with van der Waals surface area (Å²) in [5.41, 5.74) is 5.87. The highest BCUT2D eigenvalue weighted by atomic mass is 19.1. The second-order valence-corrected chi connectivity index (χ2v) is 4.34. The van der Waals surface area contributed by atoms with E-state index in [0.29, 0.717) is 19.0 Å². The number of ether oxygens (including phenoxy) is 3. The SMILES string of the molecule is COCCOC1C(N)CC1Oc1ccc(F)cc1. The lowest BCUT2D eigenvalue weighted by Gasteiger charge is -2.41. The molecule has 1 fully saturated rings. The predicted octanol–water partition coefficient (Wildman–Crippen LogP) is 1.34. The van der Waals surface area contributed by atoms with Crippen LogP contribution in [-0.2, 0) is 9.47 Å². The smallest absolute Gasteiger partial charge is 0.128 e. The molecule has 0 amide bonds. The van der Waals surface area contributed by atoms with Gasteiger partial charge in [-0.05, 0) is 24.3 Å². The normalized spacial score (nSPS) is 26.7. The van der Waals surface area contributed by atoms with E-state index in [4.69, 9.17) is 19.9 Å². The molecule has 1 aromatic rings. The van der Waals surface area contributed by atoms with Gasteiger partial charge in [0.25, 0.3) is 0 Å². The topological polar surface area (TPSA) is 53.7 Å². The highest BCUT2D eigenvalue weighted by Crippen LogP contribution is 2.27. The van der Waals surface area contributed by atoms with Crippen LogP contribution < -0.4 is 10.5 Å². The highest BCUT2D eigenvalue weighted by molar-refractivity contribution is 5.23. The van der Waals surface area contributed by atoms with Gasteiger partial charge in [0.05, 0.1) is 13.2 Å². The van der Waals surface area contributed by atoms with Crippen molar-refractivity contribution in [1.82, 2.24) is 0 Å². The number of methoxy groups -OCH3 is 1. The maximum atomic E-state index is 12.8. The molecular formula is C13H18FNO3. The Labute approximate surface area is 106 Å². The van der Waals surface area contributed by atoms with E-state index < -0.39 is 0 Å². The minimum atomic E-state index is -0.277. The Morgan fingerprint density at radius 3 is 2.61 bits per heavy atom. The summed E-state index contributed by atoms with van der Waals surface area (Å²) in [6.45, 7) is 1.03. The van der Waals surface area contributed by atoms with Crippen molar-refractivity contribution >= 4 is 0 Å². The second kappa shape index (κ2) is 6.13. The maximum absolute atomic E-state index is 12.8. The van der Waals surface area contributed by atoms with Crippen LogP contribution in [0.4, 0.5) is 4.39 Å². The van der Waals surface area contributed by atoms with Crippen LogP contribution in [0.1, 0.15) is 6.42 Å². The molecule has 2 N–H and O–H groups in total. The fourth-order valence-corrected chi connectivity index (χ4v) is 1.92. The van der Waals surface area contributed by atoms with Crippen LogP contribution in [0.15, 0.2) is 24.3 Å². The first-order valence-electron chi connectivity index (χ1n) is 5.99. The number of hydrogen-bond donors (Lipinski definition) is 1. The van der Waals surface area contributed by atoms with Crippen molar-refractivity contribution < 1.29 is 18.6 Å². The van der Waals surface area contributed by atoms with E-state index in [1.54, 1.807) is 19.2 Å². The summed E-state index contributed by atoms with van der Waals surface area (Å²) in [5.74, 6) is 0.356. The Bertz CT molecular complexity index is 371. The lowest BCUT2D eigenvalue weighted by molar-refractivity contribution is -0.107. The molecule has 0 aromatic heterocycles. The molecule has 1 saturated carbocycles. The summed E-state index contributed by atoms with van der Waals surface area (Å²) in [5, 5.41) is 0. The van der Waals surface area contributed by atoms with Gasteiger partial charge in [-0.25, -0.2) is 4.39 Å². The molecular weight excluding hydrogens is 237 g/mol. The van der Waals surface area contributed by atoms with Crippen LogP contribution in [0.5, 0.6) is 5.75 Å². The third kappa shape index (κ3) is 3.19. The first-order chi connectivity index (χ1) is 8.70. The van der Waals surface area contributed by atoms with Crippen molar-refractivity contribution in [2.24, 2.45) is 5.73 Å². The number of hydrogen-bond acceptors (Lipinski definition) is 4. The van der Waals surface area contributed by atoms with Crippen molar-refractivity contribution in [3.63, 3.8) is 0 Å². The van der Waals surface area contributed by atoms with Gasteiger partial charge in [0.1, 0.15) is 23.8 Å². The molecule has 100 valence electrons. The van der Waals surface area contributed by atoms with E-state index in [1.807, 2.05) is 0 Å². The first kappa shape index (κ1) is 13.3. The summed E-state index contributed by atoms with van der Waals surface area (Å²) in [6, 6.07) is 5.94. The second-order valence-electron chi connectivity index (χ2n) is 4.34. The molecule has 4 nitrogen and oxygen atoms in total. The number of nitrogens with two attached hydrogens (primary N) is 1. The van der Waals surface area contributed by atoms with E-state index in [-0.39, 0.29) is 24.1 Å². The Hall–Kier alpha value is -1.17. The molecule has 1 aliphatic rings. The predicted molar refractivity (Wildman–Crippen MR) is 65.0 cm³/mol. The van der Waals surface area contributed by atoms with Crippen LogP contribution >= 0.6 is 0 Å². The van der Waals surface area contributed by atoms with Crippen LogP contribution in [-0.4, -0.2) is 38.6 Å². The number of rotatable bonds is 6. The van der Waals surface area contributed by atoms with Crippen molar-refractivity contribution in [3.8, 4) is 5.75 Å². The van der Waals surface area contributed by atoms with Gasteiger partial charge in [-0.3, -0.25) is 0 Å². The van der Waals surface area contributed by atoms with Gasteiger partial charge in [0.15, 0.2) is 0 Å². The molecule has 0 spiro atoms. The lowest BCUT2D eigenvalue weighted by Crippen LogP contribution is -2.59. The highest BCUT2D eigenvalue weighted by Gasteiger charge is 2.41. The minimum absolute atomic E-state index is 0.00713. The molecule has 3 atom stereocenters. The van der Waals surface area contributed by atoms with Crippen LogP contribution in [0.3, 0.4) is 0 Å². The van der Waals surface area contributed by atoms with Crippen LogP contribution in [0.25, 0.3) is 0 Å². The lowest BCUT2D eigenvalue weighted by atomic mass is 9.86. The molecule has 5 heteroatoms. The van der Waals surface area contributed by atoms with E-state index in [9.17, 15) is 4.39 Å². The van der Waals surface area contributed by atoms with E-state index in [0.717, 1.165) is 6.42 Å². The summed E-state index contributed by atoms with van der Waals surface area (Å²) in [6.07, 6.45) is 0.558. The molecule has 2 rings (SSSR count). The minimum Gasteiger partial charge on any atom is -0.488 e. The molecule has 0 saturated heterocycles. The zero-order valence-electron chi connectivity index (χ0n) is 10.3. The molecule has 0 heterocycles. The first-order valence-corrected chi connectivity index (χ1v) is 5.99. The Morgan fingerprint density at radius 1 is 1.28 bits per heavy atom. The van der Waals surface area contributed by atoms with Gasteiger partial charge >= 0.3 is 0 Å². The van der Waals surface area contributed by atoms with Crippen molar-refractivity contribution in [2.45, 2.75) is 24.7 Å². The number of halogens is 1. The third-order valence-corrected chi connectivity index (χ3v) is 2.99. The zero-order valence-corrected chi connectivity index (χ0v) is 10.3. The Balaban J connectivity index is 1.83. The van der Waals surface area contributed by atoms with Gasteiger partial charge in [0.2, 0.25) is 0 Å². The van der Waals surface area contributed by atoms with Crippen molar-refractivity contribution in [1.29, 1.82) is 0 Å². The summed E-state index contributed by atoms with van der Waals surface area (Å²) < 4.78 is 29.0. The van der Waals surface area contributed by atoms with Crippen LogP contribution in [0.2, 0.25) is 0 Å². The van der Waals surface area contributed by atoms with Crippen molar-refractivity contribution in [3.05, 3.63) is 30.1 Å². The van der Waals surface area contributed by atoms with E-state index >= 15 is 0 Å². The van der Waals surface area contributed by atoms with Gasteiger partial charge < -0.3 is 19.9 Å². The quantitative estimate of drug-likeness (QED) is 0.779. The average molecular weight is 255 g/mol. The Kier molecular flexibility index (Phi) is 4.52. The van der Waals surface area contributed by atoms with E-state index in [1.165, 1.54) is 12.1 Å². The molecule has 0 aliphatic heterocycles. The van der Waals surface area contributed by atoms with E-state index in [2.05, 4.69) is 0 Å². The fraction of sp³-hybridized carbons (Fsp3) is 0.538. The average Bonchev–Trinajstić information content (AvgIpc) is 2.36. The largest absolute Gasteiger partial charge is 0.488 e. The molecule has 3 unspecified atom stereocenters. The maximum Gasteiger partial charge on any atom is 0.128 e.